The Balaban J connectivity index is 1.67. The van der Waals surface area contributed by atoms with Crippen LogP contribution in [-0.4, -0.2) is 16.8 Å². The molecule has 0 saturated heterocycles. The Kier molecular flexibility index (Phi) is 3.84. The van der Waals surface area contributed by atoms with Crippen LogP contribution in [-0.2, 0) is 6.54 Å². The number of aromatic nitrogens is 1. The zero-order chi connectivity index (χ0) is 15.5. The van der Waals surface area contributed by atoms with E-state index < -0.39 is 5.91 Å². The predicted molar refractivity (Wildman–Crippen MR) is 85.8 cm³/mol. The number of benzene rings is 2. The zero-order valence-electron chi connectivity index (χ0n) is 11.6. The number of carbonyl (C=O) groups excluding carboxylic acids is 2. The second-order valence-electron chi connectivity index (χ2n) is 4.70. The molecule has 0 aliphatic carbocycles. The first kappa shape index (κ1) is 14.2. The summed E-state index contributed by atoms with van der Waals surface area (Å²) in [6.07, 6.45) is 0. The smallest absolute Gasteiger partial charge is 0.251 e. The van der Waals surface area contributed by atoms with Gasteiger partial charge in [0.05, 0.1) is 16.8 Å². The standard InChI is InChI=1S/C16H13N3O2S/c17-15(20)10-5-7-11(8-6-10)16(21)18-9-14-19-12-3-1-2-4-13(12)22-14/h1-8H,9H2,(H2,17,20)(H,18,21). The molecule has 6 heteroatoms. The van der Waals surface area contributed by atoms with Crippen molar-refractivity contribution < 1.29 is 9.59 Å². The number of thiazole rings is 1. The van der Waals surface area contributed by atoms with E-state index in [4.69, 9.17) is 5.73 Å². The fourth-order valence-electron chi connectivity index (χ4n) is 2.04. The summed E-state index contributed by atoms with van der Waals surface area (Å²) in [5.74, 6) is -0.725. The quantitative estimate of drug-likeness (QED) is 0.775. The van der Waals surface area contributed by atoms with Crippen LogP contribution in [0.25, 0.3) is 10.2 Å². The maximum atomic E-state index is 12.1. The Labute approximate surface area is 130 Å². The molecule has 3 N–H and O–H groups in total. The molecule has 2 aromatic carbocycles. The van der Waals surface area contributed by atoms with Crippen LogP contribution in [0, 0.1) is 0 Å². The molecule has 0 saturated carbocycles. The number of para-hydroxylation sites is 1. The summed E-state index contributed by atoms with van der Waals surface area (Å²) in [4.78, 5) is 27.5. The Morgan fingerprint density at radius 2 is 1.73 bits per heavy atom. The third kappa shape index (κ3) is 2.96. The number of nitrogens with two attached hydrogens (primary N) is 1. The molecule has 2 amide bonds. The molecule has 0 fully saturated rings. The lowest BCUT2D eigenvalue weighted by molar-refractivity contribution is 0.0948. The van der Waals surface area contributed by atoms with Crippen LogP contribution in [0.1, 0.15) is 25.7 Å². The minimum absolute atomic E-state index is 0.213. The number of rotatable bonds is 4. The fraction of sp³-hybridized carbons (Fsp3) is 0.0625. The van der Waals surface area contributed by atoms with Gasteiger partial charge in [-0.1, -0.05) is 12.1 Å². The third-order valence-electron chi connectivity index (χ3n) is 3.17. The molecular weight excluding hydrogens is 298 g/mol. The fourth-order valence-corrected chi connectivity index (χ4v) is 2.95. The average molecular weight is 311 g/mol. The zero-order valence-corrected chi connectivity index (χ0v) is 12.4. The van der Waals surface area contributed by atoms with Gasteiger partial charge < -0.3 is 11.1 Å². The van der Waals surface area contributed by atoms with Gasteiger partial charge in [0, 0.05) is 11.1 Å². The number of carbonyl (C=O) groups is 2. The topological polar surface area (TPSA) is 85.1 Å². The number of fused-ring (bicyclic) bond motifs is 1. The van der Waals surface area contributed by atoms with E-state index >= 15 is 0 Å². The third-order valence-corrected chi connectivity index (χ3v) is 4.21. The van der Waals surface area contributed by atoms with E-state index in [0.717, 1.165) is 15.2 Å². The van der Waals surface area contributed by atoms with Crippen LogP contribution < -0.4 is 11.1 Å². The minimum atomic E-state index is -0.513. The van der Waals surface area contributed by atoms with Gasteiger partial charge in [-0.25, -0.2) is 4.98 Å². The van der Waals surface area contributed by atoms with Gasteiger partial charge >= 0.3 is 0 Å². The summed E-state index contributed by atoms with van der Waals surface area (Å²) in [6, 6.07) is 14.1. The van der Waals surface area contributed by atoms with Crippen molar-refractivity contribution in [1.82, 2.24) is 10.3 Å². The molecule has 0 spiro atoms. The summed E-state index contributed by atoms with van der Waals surface area (Å²) in [6.45, 7) is 0.371. The summed E-state index contributed by atoms with van der Waals surface area (Å²) in [5, 5.41) is 3.67. The summed E-state index contributed by atoms with van der Waals surface area (Å²) >= 11 is 1.55. The monoisotopic (exact) mass is 311 g/mol. The first-order valence-corrected chi connectivity index (χ1v) is 7.47. The maximum absolute atomic E-state index is 12.1. The Morgan fingerprint density at radius 1 is 1.05 bits per heavy atom. The van der Waals surface area contributed by atoms with E-state index in [2.05, 4.69) is 10.3 Å². The van der Waals surface area contributed by atoms with Crippen LogP contribution in [0.15, 0.2) is 48.5 Å². The van der Waals surface area contributed by atoms with Crippen molar-refractivity contribution in [2.45, 2.75) is 6.54 Å². The molecule has 3 aromatic rings. The van der Waals surface area contributed by atoms with Crippen LogP contribution in [0.2, 0.25) is 0 Å². The highest BCUT2D eigenvalue weighted by atomic mass is 32.1. The van der Waals surface area contributed by atoms with Gasteiger partial charge in [0.15, 0.2) is 0 Å². The van der Waals surface area contributed by atoms with Crippen molar-refractivity contribution in [2.24, 2.45) is 5.73 Å². The van der Waals surface area contributed by atoms with Crippen molar-refractivity contribution in [1.29, 1.82) is 0 Å². The van der Waals surface area contributed by atoms with E-state index in [1.807, 2.05) is 24.3 Å². The molecule has 3 rings (SSSR count). The molecule has 0 atom stereocenters. The van der Waals surface area contributed by atoms with E-state index in [1.165, 1.54) is 12.1 Å². The molecule has 0 aliphatic heterocycles. The van der Waals surface area contributed by atoms with E-state index in [9.17, 15) is 9.59 Å². The van der Waals surface area contributed by atoms with Crippen molar-refractivity contribution in [3.05, 3.63) is 64.7 Å². The van der Waals surface area contributed by atoms with Gasteiger partial charge in [-0.3, -0.25) is 9.59 Å². The molecule has 1 heterocycles. The Bertz CT molecular complexity index is 807. The normalized spacial score (nSPS) is 10.5. The van der Waals surface area contributed by atoms with Crippen LogP contribution in [0.3, 0.4) is 0 Å². The van der Waals surface area contributed by atoms with Gasteiger partial charge in [-0.2, -0.15) is 0 Å². The van der Waals surface area contributed by atoms with E-state index in [0.29, 0.717) is 17.7 Å². The lowest BCUT2D eigenvalue weighted by Crippen LogP contribution is -2.22. The molecule has 0 unspecified atom stereocenters. The number of nitrogens with zero attached hydrogens (tertiary/aromatic N) is 1. The molecule has 0 aliphatic rings. The lowest BCUT2D eigenvalue weighted by Gasteiger charge is -2.03. The Morgan fingerprint density at radius 3 is 2.41 bits per heavy atom. The first-order chi connectivity index (χ1) is 10.6. The molecule has 1 aromatic heterocycles. The van der Waals surface area contributed by atoms with Crippen molar-refractivity contribution in [3.63, 3.8) is 0 Å². The first-order valence-electron chi connectivity index (χ1n) is 6.66. The largest absolute Gasteiger partial charge is 0.366 e. The average Bonchev–Trinajstić information content (AvgIpc) is 2.95. The summed E-state index contributed by atoms with van der Waals surface area (Å²) < 4.78 is 1.09. The van der Waals surface area contributed by atoms with Crippen molar-refractivity contribution in [2.75, 3.05) is 0 Å². The molecule has 5 nitrogen and oxygen atoms in total. The molecule has 0 bridgehead atoms. The van der Waals surface area contributed by atoms with Gasteiger partial charge in [0.2, 0.25) is 5.91 Å². The second kappa shape index (κ2) is 5.95. The van der Waals surface area contributed by atoms with Crippen molar-refractivity contribution >= 4 is 33.4 Å². The minimum Gasteiger partial charge on any atom is -0.366 e. The highest BCUT2D eigenvalue weighted by Gasteiger charge is 2.08. The second-order valence-corrected chi connectivity index (χ2v) is 5.81. The lowest BCUT2D eigenvalue weighted by atomic mass is 10.1. The Hall–Kier alpha value is -2.73. The summed E-state index contributed by atoms with van der Waals surface area (Å²) in [5.41, 5.74) is 6.95. The SMILES string of the molecule is NC(=O)c1ccc(C(=O)NCc2nc3ccccc3s2)cc1. The highest BCUT2D eigenvalue weighted by molar-refractivity contribution is 7.18. The molecule has 110 valence electrons. The maximum Gasteiger partial charge on any atom is 0.251 e. The summed E-state index contributed by atoms with van der Waals surface area (Å²) in [7, 11) is 0. The highest BCUT2D eigenvalue weighted by Crippen LogP contribution is 2.21. The predicted octanol–water partition coefficient (Wildman–Crippen LogP) is 2.33. The molecule has 0 radical (unpaired) electrons. The number of primary amides is 1. The van der Waals surface area contributed by atoms with Crippen LogP contribution >= 0.6 is 11.3 Å². The number of hydrogen-bond donors (Lipinski definition) is 2. The molecule has 22 heavy (non-hydrogen) atoms. The number of amides is 2. The van der Waals surface area contributed by atoms with E-state index in [1.54, 1.807) is 23.5 Å². The van der Waals surface area contributed by atoms with E-state index in [-0.39, 0.29) is 5.91 Å². The van der Waals surface area contributed by atoms with Gasteiger partial charge in [-0.05, 0) is 36.4 Å². The number of hydrogen-bond acceptors (Lipinski definition) is 4. The van der Waals surface area contributed by atoms with Gasteiger partial charge in [-0.15, -0.1) is 11.3 Å². The van der Waals surface area contributed by atoms with Crippen molar-refractivity contribution in [3.8, 4) is 0 Å². The van der Waals surface area contributed by atoms with Gasteiger partial charge in [0.1, 0.15) is 5.01 Å². The number of nitrogens with one attached hydrogen (secondary N) is 1. The van der Waals surface area contributed by atoms with Crippen LogP contribution in [0.5, 0.6) is 0 Å². The van der Waals surface area contributed by atoms with Gasteiger partial charge in [0.25, 0.3) is 5.91 Å². The van der Waals surface area contributed by atoms with Crippen LogP contribution in [0.4, 0.5) is 0 Å². The molecular formula is C16H13N3O2S.